The molecule has 1 N–H and O–H groups in total. The first-order chi connectivity index (χ1) is 15.9. The molecule has 0 aliphatic carbocycles. The molecule has 0 spiro atoms. The fourth-order valence-corrected chi connectivity index (χ4v) is 4.87. The summed E-state index contributed by atoms with van der Waals surface area (Å²) in [4.78, 5) is 19.8. The van der Waals surface area contributed by atoms with E-state index in [1.807, 2.05) is 48.8 Å². The van der Waals surface area contributed by atoms with Crippen molar-refractivity contribution >= 4 is 22.2 Å². The van der Waals surface area contributed by atoms with Crippen LogP contribution in [-0.2, 0) is 0 Å². The lowest BCUT2D eigenvalue weighted by Gasteiger charge is -2.34. The molecule has 1 aliphatic rings. The molecule has 4 heterocycles. The van der Waals surface area contributed by atoms with Gasteiger partial charge in [0.2, 0.25) is 0 Å². The van der Waals surface area contributed by atoms with Crippen LogP contribution in [0.5, 0.6) is 0 Å². The van der Waals surface area contributed by atoms with E-state index < -0.39 is 0 Å². The van der Waals surface area contributed by atoms with Crippen molar-refractivity contribution < 1.29 is 4.42 Å². The van der Waals surface area contributed by atoms with Gasteiger partial charge in [-0.2, -0.15) is 0 Å². The maximum absolute atomic E-state index is 12.9. The molecule has 1 saturated heterocycles. The van der Waals surface area contributed by atoms with Gasteiger partial charge in [0, 0.05) is 54.2 Å². The lowest BCUT2D eigenvalue weighted by Crippen LogP contribution is -2.38. The zero-order chi connectivity index (χ0) is 23.1. The lowest BCUT2D eigenvalue weighted by molar-refractivity contribution is 0.371. The number of nitrogens with zero attached hydrogens (tertiary/aromatic N) is 3. The summed E-state index contributed by atoms with van der Waals surface area (Å²) in [6.45, 7) is 11.5. The summed E-state index contributed by atoms with van der Waals surface area (Å²) in [7, 11) is 0. The third-order valence-electron chi connectivity index (χ3n) is 6.71. The van der Waals surface area contributed by atoms with E-state index in [1.165, 1.54) is 12.8 Å². The van der Waals surface area contributed by atoms with Gasteiger partial charge in [0.05, 0.1) is 22.5 Å². The van der Waals surface area contributed by atoms with Gasteiger partial charge in [-0.25, -0.2) is 4.79 Å². The van der Waals surface area contributed by atoms with E-state index in [4.69, 9.17) is 4.42 Å². The van der Waals surface area contributed by atoms with Crippen LogP contribution in [0, 0.1) is 19.8 Å². The molecule has 0 amide bonds. The van der Waals surface area contributed by atoms with Gasteiger partial charge in [-0.05, 0) is 63.4 Å². The molecule has 6 heteroatoms. The second-order valence-corrected chi connectivity index (χ2v) is 9.65. The number of fused-ring (bicyclic) bond motifs is 2. The Bertz CT molecular complexity index is 1360. The highest BCUT2D eigenvalue weighted by Gasteiger charge is 2.20. The van der Waals surface area contributed by atoms with Gasteiger partial charge >= 0.3 is 5.63 Å². The third-order valence-corrected chi connectivity index (χ3v) is 6.71. The van der Waals surface area contributed by atoms with E-state index in [1.54, 1.807) is 0 Å². The highest BCUT2D eigenvalue weighted by atomic mass is 16.4. The van der Waals surface area contributed by atoms with Crippen LogP contribution in [0.1, 0.15) is 38.1 Å². The highest BCUT2D eigenvalue weighted by molar-refractivity contribution is 5.85. The molecule has 0 unspecified atom stereocenters. The van der Waals surface area contributed by atoms with Crippen molar-refractivity contribution in [2.24, 2.45) is 5.92 Å². The molecular weight excluding hydrogens is 412 g/mol. The van der Waals surface area contributed by atoms with Crippen LogP contribution >= 0.6 is 0 Å². The van der Waals surface area contributed by atoms with Gasteiger partial charge in [-0.3, -0.25) is 4.98 Å². The minimum Gasteiger partial charge on any atom is -0.422 e. The van der Waals surface area contributed by atoms with E-state index in [-0.39, 0.29) is 5.63 Å². The first-order valence-corrected chi connectivity index (χ1v) is 11.9. The molecule has 5 rings (SSSR count). The Morgan fingerprint density at radius 3 is 2.67 bits per heavy atom. The van der Waals surface area contributed by atoms with E-state index in [9.17, 15) is 4.79 Å². The quantitative estimate of drug-likeness (QED) is 0.442. The summed E-state index contributed by atoms with van der Waals surface area (Å²) >= 11 is 0. The fraction of sp³-hybridized carbons (Fsp3) is 0.407. The Balaban J connectivity index is 1.40. The van der Waals surface area contributed by atoms with E-state index in [2.05, 4.69) is 41.2 Å². The van der Waals surface area contributed by atoms with E-state index in [0.29, 0.717) is 17.2 Å². The third kappa shape index (κ3) is 4.40. The Morgan fingerprint density at radius 1 is 1.12 bits per heavy atom. The molecule has 1 fully saturated rings. The Hall–Kier alpha value is -3.12. The molecule has 0 atom stereocenters. The first-order valence-electron chi connectivity index (χ1n) is 11.9. The van der Waals surface area contributed by atoms with Crippen LogP contribution < -0.4 is 15.8 Å². The molecule has 172 valence electrons. The zero-order valence-corrected chi connectivity index (χ0v) is 19.9. The molecule has 0 radical (unpaired) electrons. The summed E-state index contributed by atoms with van der Waals surface area (Å²) in [6, 6.07) is 10.7. The molecule has 4 aromatic rings. The highest BCUT2D eigenvalue weighted by Crippen LogP contribution is 2.29. The second-order valence-electron chi connectivity index (χ2n) is 9.65. The largest absolute Gasteiger partial charge is 0.422 e. The minimum atomic E-state index is -0.309. The zero-order valence-electron chi connectivity index (χ0n) is 19.9. The van der Waals surface area contributed by atoms with Crippen molar-refractivity contribution in [1.82, 2.24) is 14.7 Å². The van der Waals surface area contributed by atoms with Crippen LogP contribution in [0.25, 0.3) is 27.6 Å². The molecule has 0 bridgehead atoms. The fourth-order valence-electron chi connectivity index (χ4n) is 4.87. The molecule has 6 nitrogen and oxygen atoms in total. The molecule has 1 aromatic carbocycles. The van der Waals surface area contributed by atoms with Crippen molar-refractivity contribution in [2.45, 2.75) is 46.6 Å². The smallest absolute Gasteiger partial charge is 0.344 e. The number of piperidine rings is 1. The predicted molar refractivity (Wildman–Crippen MR) is 134 cm³/mol. The Kier molecular flexibility index (Phi) is 5.71. The van der Waals surface area contributed by atoms with Crippen LogP contribution in [0.4, 0.5) is 5.69 Å². The van der Waals surface area contributed by atoms with Gasteiger partial charge in [-0.15, -0.1) is 0 Å². The maximum Gasteiger partial charge on any atom is 0.344 e. The molecule has 1 aliphatic heterocycles. The van der Waals surface area contributed by atoms with Crippen LogP contribution in [-0.4, -0.2) is 35.1 Å². The average Bonchev–Trinajstić information content (AvgIpc) is 3.21. The number of hydrogen-bond donors (Lipinski definition) is 1. The molecule has 0 saturated carbocycles. The number of nitrogens with one attached hydrogen (secondary N) is 1. The van der Waals surface area contributed by atoms with Gasteiger partial charge in [-0.1, -0.05) is 13.8 Å². The van der Waals surface area contributed by atoms with Crippen molar-refractivity contribution in [3.05, 3.63) is 64.5 Å². The van der Waals surface area contributed by atoms with Gasteiger partial charge in [0.1, 0.15) is 5.58 Å². The minimum absolute atomic E-state index is 0.309. The maximum atomic E-state index is 12.9. The Labute approximate surface area is 194 Å². The second kappa shape index (κ2) is 8.67. The normalized spacial score (nSPS) is 15.2. The average molecular weight is 445 g/mol. The summed E-state index contributed by atoms with van der Waals surface area (Å²) in [5.74, 6) is 0.727. The van der Waals surface area contributed by atoms with Crippen LogP contribution in [0.3, 0.4) is 0 Å². The monoisotopic (exact) mass is 444 g/mol. The van der Waals surface area contributed by atoms with Crippen molar-refractivity contribution in [3.8, 4) is 11.1 Å². The van der Waals surface area contributed by atoms with Crippen LogP contribution in [0.2, 0.25) is 0 Å². The van der Waals surface area contributed by atoms with Crippen molar-refractivity contribution in [3.63, 3.8) is 0 Å². The van der Waals surface area contributed by atoms with Crippen LogP contribution in [0.15, 0.2) is 51.9 Å². The van der Waals surface area contributed by atoms with Crippen molar-refractivity contribution in [1.29, 1.82) is 0 Å². The van der Waals surface area contributed by atoms with E-state index >= 15 is 0 Å². The molecule has 33 heavy (non-hydrogen) atoms. The number of aryl methyl sites for hydroxylation is 2. The van der Waals surface area contributed by atoms with Gasteiger partial charge in [0.25, 0.3) is 0 Å². The van der Waals surface area contributed by atoms with Gasteiger partial charge in [0.15, 0.2) is 0 Å². The Morgan fingerprint density at radius 2 is 1.91 bits per heavy atom. The number of hydrogen-bond acceptors (Lipinski definition) is 5. The first kappa shape index (κ1) is 21.7. The SMILES string of the molecule is Cc1cn2cc(-c3cc4ccc(N5CCC(CNC(C)C)CC5)cc4oc3=O)cc2c(C)n1. The molecular formula is C27H32N4O2. The number of rotatable bonds is 5. The molecule has 3 aromatic heterocycles. The summed E-state index contributed by atoms with van der Waals surface area (Å²) in [5.41, 5.74) is 5.77. The number of anilines is 1. The standard InChI is InChI=1S/C27H32N4O2/c1-17(2)28-14-20-7-9-30(10-8-20)23-6-5-21-11-24(27(32)33-26(21)13-23)22-12-25-19(4)29-18(3)15-31(25)16-22/h5-6,11-13,15-17,20,28H,7-10,14H2,1-4H3. The van der Waals surface area contributed by atoms with Gasteiger partial charge < -0.3 is 19.0 Å². The summed E-state index contributed by atoms with van der Waals surface area (Å²) < 4.78 is 7.83. The lowest BCUT2D eigenvalue weighted by atomic mass is 9.96. The summed E-state index contributed by atoms with van der Waals surface area (Å²) in [6.07, 6.45) is 6.30. The van der Waals surface area contributed by atoms with Crippen molar-refractivity contribution in [2.75, 3.05) is 24.5 Å². The predicted octanol–water partition coefficient (Wildman–Crippen LogP) is 4.94. The summed E-state index contributed by atoms with van der Waals surface area (Å²) in [5, 5.41) is 4.50. The number of benzene rings is 1. The topological polar surface area (TPSA) is 62.8 Å². The number of aromatic nitrogens is 2. The van der Waals surface area contributed by atoms with E-state index in [0.717, 1.165) is 59.1 Å².